The molecule has 1 aromatic carbocycles. The zero-order chi connectivity index (χ0) is 17.5. The Morgan fingerprint density at radius 1 is 1.33 bits per heavy atom. The van der Waals surface area contributed by atoms with E-state index in [1.165, 1.54) is 12.1 Å². The Morgan fingerprint density at radius 3 is 2.67 bits per heavy atom. The standard InChI is InChI=1S/C18H27N3O3/c1-3-4-5-8-14(2)19-18(22)16-13-15(21(23)24)9-10-17(16)20-11-6-7-12-20/h9-10,13-14H,3-8,11-12H2,1-2H3,(H,19,22). The van der Waals surface area contributed by atoms with E-state index in [0.717, 1.165) is 57.3 Å². The first kappa shape index (κ1) is 18.2. The van der Waals surface area contributed by atoms with E-state index in [1.54, 1.807) is 6.07 Å². The number of nitrogens with one attached hydrogen (secondary N) is 1. The third-order valence-corrected chi connectivity index (χ3v) is 4.50. The number of anilines is 1. The number of nitro groups is 1. The van der Waals surface area contributed by atoms with Crippen LogP contribution in [-0.2, 0) is 0 Å². The minimum absolute atomic E-state index is 0.0401. The fourth-order valence-electron chi connectivity index (χ4n) is 3.13. The lowest BCUT2D eigenvalue weighted by Crippen LogP contribution is -2.34. The van der Waals surface area contributed by atoms with E-state index in [-0.39, 0.29) is 17.6 Å². The van der Waals surface area contributed by atoms with E-state index in [2.05, 4.69) is 17.1 Å². The van der Waals surface area contributed by atoms with Crippen molar-refractivity contribution >= 4 is 17.3 Å². The van der Waals surface area contributed by atoms with Gasteiger partial charge in [-0.1, -0.05) is 26.2 Å². The highest BCUT2D eigenvalue weighted by Gasteiger charge is 2.23. The van der Waals surface area contributed by atoms with Gasteiger partial charge in [0.25, 0.3) is 11.6 Å². The molecule has 1 aliphatic rings. The Morgan fingerprint density at radius 2 is 2.04 bits per heavy atom. The number of nitro benzene ring substituents is 1. The maximum atomic E-state index is 12.7. The van der Waals surface area contributed by atoms with Crippen LogP contribution in [0.25, 0.3) is 0 Å². The van der Waals surface area contributed by atoms with Gasteiger partial charge in [-0.15, -0.1) is 0 Å². The van der Waals surface area contributed by atoms with Gasteiger partial charge in [0.05, 0.1) is 16.2 Å². The minimum Gasteiger partial charge on any atom is -0.371 e. The normalized spacial score (nSPS) is 15.3. The highest BCUT2D eigenvalue weighted by Crippen LogP contribution is 2.28. The zero-order valence-corrected chi connectivity index (χ0v) is 14.6. The summed E-state index contributed by atoms with van der Waals surface area (Å²) in [6.45, 7) is 5.92. The maximum Gasteiger partial charge on any atom is 0.270 e. The van der Waals surface area contributed by atoms with Crippen LogP contribution in [-0.4, -0.2) is 30.0 Å². The summed E-state index contributed by atoms with van der Waals surface area (Å²) in [5, 5.41) is 14.1. The lowest BCUT2D eigenvalue weighted by molar-refractivity contribution is -0.384. The molecule has 1 aliphatic heterocycles. The number of carbonyl (C=O) groups excluding carboxylic acids is 1. The zero-order valence-electron chi connectivity index (χ0n) is 14.6. The predicted molar refractivity (Wildman–Crippen MR) is 95.6 cm³/mol. The van der Waals surface area contributed by atoms with E-state index >= 15 is 0 Å². The topological polar surface area (TPSA) is 75.5 Å². The van der Waals surface area contributed by atoms with E-state index in [0.29, 0.717) is 5.56 Å². The van der Waals surface area contributed by atoms with Crippen LogP contribution in [0, 0.1) is 10.1 Å². The molecule has 6 heteroatoms. The van der Waals surface area contributed by atoms with E-state index < -0.39 is 4.92 Å². The van der Waals surface area contributed by atoms with Gasteiger partial charge < -0.3 is 10.2 Å². The van der Waals surface area contributed by atoms with E-state index in [4.69, 9.17) is 0 Å². The Kier molecular flexibility index (Phi) is 6.58. The molecule has 0 bridgehead atoms. The molecule has 0 aromatic heterocycles. The lowest BCUT2D eigenvalue weighted by atomic mass is 10.1. The maximum absolute atomic E-state index is 12.7. The van der Waals surface area contributed by atoms with Gasteiger partial charge in [0, 0.05) is 31.3 Å². The smallest absolute Gasteiger partial charge is 0.270 e. The second kappa shape index (κ2) is 8.66. The molecule has 1 fully saturated rings. The highest BCUT2D eigenvalue weighted by molar-refractivity contribution is 6.00. The SMILES string of the molecule is CCCCCC(C)NC(=O)c1cc([N+](=O)[O-])ccc1N1CCCC1. The Bertz CT molecular complexity index is 583. The molecule has 0 aliphatic carbocycles. The van der Waals surface area contributed by atoms with Crippen LogP contribution in [0.4, 0.5) is 11.4 Å². The van der Waals surface area contributed by atoms with Crippen molar-refractivity contribution in [3.8, 4) is 0 Å². The molecule has 24 heavy (non-hydrogen) atoms. The van der Waals surface area contributed by atoms with Crippen LogP contribution in [0.3, 0.4) is 0 Å². The first-order valence-electron chi connectivity index (χ1n) is 8.87. The van der Waals surface area contributed by atoms with Crippen molar-refractivity contribution < 1.29 is 9.72 Å². The molecular formula is C18H27N3O3. The number of amides is 1. The van der Waals surface area contributed by atoms with Gasteiger partial charge in [0.1, 0.15) is 0 Å². The number of carbonyl (C=O) groups is 1. The average Bonchev–Trinajstić information content (AvgIpc) is 3.08. The number of rotatable bonds is 8. The van der Waals surface area contributed by atoms with Gasteiger partial charge in [0.15, 0.2) is 0 Å². The van der Waals surface area contributed by atoms with Crippen molar-refractivity contribution in [1.82, 2.24) is 5.32 Å². The lowest BCUT2D eigenvalue weighted by Gasteiger charge is -2.22. The van der Waals surface area contributed by atoms with Crippen LogP contribution < -0.4 is 10.2 Å². The van der Waals surface area contributed by atoms with Gasteiger partial charge in [0.2, 0.25) is 0 Å². The van der Waals surface area contributed by atoms with Crippen LogP contribution in [0.15, 0.2) is 18.2 Å². The van der Waals surface area contributed by atoms with Crippen LogP contribution in [0.2, 0.25) is 0 Å². The van der Waals surface area contributed by atoms with Crippen molar-refractivity contribution in [1.29, 1.82) is 0 Å². The number of non-ortho nitro benzene ring substituents is 1. The van der Waals surface area contributed by atoms with Gasteiger partial charge in [-0.2, -0.15) is 0 Å². The quantitative estimate of drug-likeness (QED) is 0.445. The van der Waals surface area contributed by atoms with Gasteiger partial charge >= 0.3 is 0 Å². The van der Waals surface area contributed by atoms with Gasteiger partial charge in [-0.25, -0.2) is 0 Å². The summed E-state index contributed by atoms with van der Waals surface area (Å²) < 4.78 is 0. The van der Waals surface area contributed by atoms with Crippen LogP contribution >= 0.6 is 0 Å². The molecule has 1 unspecified atom stereocenters. The summed E-state index contributed by atoms with van der Waals surface area (Å²) >= 11 is 0. The molecule has 1 N–H and O–H groups in total. The molecule has 1 atom stereocenters. The third kappa shape index (κ3) is 4.69. The Labute approximate surface area is 143 Å². The molecule has 0 radical (unpaired) electrons. The predicted octanol–water partition coefficient (Wildman–Crippen LogP) is 3.89. The van der Waals surface area contributed by atoms with Crippen LogP contribution in [0.1, 0.15) is 62.7 Å². The molecule has 1 heterocycles. The van der Waals surface area contributed by atoms with Gasteiger partial charge in [-0.05, 0) is 32.3 Å². The number of hydrogen-bond donors (Lipinski definition) is 1. The molecular weight excluding hydrogens is 306 g/mol. The van der Waals surface area contributed by atoms with Gasteiger partial charge in [-0.3, -0.25) is 14.9 Å². The fourth-order valence-corrected chi connectivity index (χ4v) is 3.13. The number of nitrogens with zero attached hydrogens (tertiary/aromatic N) is 2. The average molecular weight is 333 g/mol. The summed E-state index contributed by atoms with van der Waals surface area (Å²) in [5.41, 5.74) is 1.17. The number of hydrogen-bond acceptors (Lipinski definition) is 4. The molecule has 2 rings (SSSR count). The monoisotopic (exact) mass is 333 g/mol. The molecule has 0 spiro atoms. The Balaban J connectivity index is 2.16. The highest BCUT2D eigenvalue weighted by atomic mass is 16.6. The molecule has 1 aromatic rings. The van der Waals surface area contributed by atoms with Crippen LogP contribution in [0.5, 0.6) is 0 Å². The molecule has 132 valence electrons. The second-order valence-corrected chi connectivity index (χ2v) is 6.52. The van der Waals surface area contributed by atoms with E-state index in [9.17, 15) is 14.9 Å². The minimum atomic E-state index is -0.449. The van der Waals surface area contributed by atoms with Crippen molar-refractivity contribution in [2.45, 2.75) is 58.4 Å². The second-order valence-electron chi connectivity index (χ2n) is 6.52. The molecule has 0 saturated carbocycles. The first-order chi connectivity index (χ1) is 11.5. The summed E-state index contributed by atoms with van der Waals surface area (Å²) in [6, 6.07) is 4.66. The van der Waals surface area contributed by atoms with Crippen molar-refractivity contribution in [2.24, 2.45) is 0 Å². The largest absolute Gasteiger partial charge is 0.371 e. The summed E-state index contributed by atoms with van der Waals surface area (Å²) in [6.07, 6.45) is 6.47. The molecule has 6 nitrogen and oxygen atoms in total. The van der Waals surface area contributed by atoms with E-state index in [1.807, 2.05) is 6.92 Å². The molecule has 1 amide bonds. The summed E-state index contributed by atoms with van der Waals surface area (Å²) in [7, 11) is 0. The van der Waals surface area contributed by atoms with Crippen molar-refractivity contribution in [2.75, 3.05) is 18.0 Å². The first-order valence-corrected chi connectivity index (χ1v) is 8.87. The summed E-state index contributed by atoms with van der Waals surface area (Å²) in [4.78, 5) is 25.4. The molecule has 1 saturated heterocycles. The Hall–Kier alpha value is -2.11. The number of unbranched alkanes of at least 4 members (excludes halogenated alkanes) is 2. The van der Waals surface area contributed by atoms with Crippen molar-refractivity contribution in [3.05, 3.63) is 33.9 Å². The third-order valence-electron chi connectivity index (χ3n) is 4.50. The summed E-state index contributed by atoms with van der Waals surface area (Å²) in [5.74, 6) is -0.218. The van der Waals surface area contributed by atoms with Crippen molar-refractivity contribution in [3.63, 3.8) is 0 Å². The fraction of sp³-hybridized carbons (Fsp3) is 0.611. The number of benzene rings is 1.